The largest absolute Gasteiger partial charge is 0.399 e. The SMILES string of the molecule is CNC1CCCN(c2nc(Nc3cc(N)cc(C#N)c3)nc3c2CCCC3)C1.Cl.Cl. The van der Waals surface area contributed by atoms with Gasteiger partial charge in [0.15, 0.2) is 0 Å². The molecule has 1 unspecified atom stereocenters. The number of nitrogens with one attached hydrogen (secondary N) is 2. The van der Waals surface area contributed by atoms with Gasteiger partial charge in [-0.2, -0.15) is 10.2 Å². The number of aryl methyl sites for hydroxylation is 1. The monoisotopic (exact) mass is 449 g/mol. The fraction of sp³-hybridized carbons (Fsp3) is 0.476. The summed E-state index contributed by atoms with van der Waals surface area (Å²) in [6.45, 7) is 1.99. The van der Waals surface area contributed by atoms with E-state index in [-0.39, 0.29) is 24.8 Å². The van der Waals surface area contributed by atoms with Crippen molar-refractivity contribution in [2.75, 3.05) is 36.1 Å². The lowest BCUT2D eigenvalue weighted by Crippen LogP contribution is -2.45. The van der Waals surface area contributed by atoms with Crippen LogP contribution in [0.15, 0.2) is 18.2 Å². The first-order chi connectivity index (χ1) is 13.7. The maximum absolute atomic E-state index is 9.20. The average Bonchev–Trinajstić information content (AvgIpc) is 2.72. The summed E-state index contributed by atoms with van der Waals surface area (Å²) in [5.41, 5.74) is 10.2. The van der Waals surface area contributed by atoms with Crippen LogP contribution in [0, 0.1) is 11.3 Å². The zero-order valence-corrected chi connectivity index (χ0v) is 18.8. The van der Waals surface area contributed by atoms with Gasteiger partial charge in [-0.3, -0.25) is 0 Å². The van der Waals surface area contributed by atoms with Crippen LogP contribution in [0.2, 0.25) is 0 Å². The normalized spacial score (nSPS) is 17.7. The average molecular weight is 450 g/mol. The number of anilines is 4. The van der Waals surface area contributed by atoms with Crippen LogP contribution in [-0.4, -0.2) is 36.1 Å². The molecule has 7 nitrogen and oxygen atoms in total. The van der Waals surface area contributed by atoms with Crippen LogP contribution in [0.25, 0.3) is 0 Å². The van der Waals surface area contributed by atoms with Crippen LogP contribution in [-0.2, 0) is 12.8 Å². The zero-order chi connectivity index (χ0) is 19.5. The summed E-state index contributed by atoms with van der Waals surface area (Å²) in [7, 11) is 2.03. The summed E-state index contributed by atoms with van der Waals surface area (Å²) >= 11 is 0. The highest BCUT2D eigenvalue weighted by molar-refractivity contribution is 5.85. The Morgan fingerprint density at radius 3 is 2.70 bits per heavy atom. The van der Waals surface area contributed by atoms with Gasteiger partial charge in [0.25, 0.3) is 0 Å². The number of nitrogens with two attached hydrogens (primary N) is 1. The quantitative estimate of drug-likeness (QED) is 0.612. The van der Waals surface area contributed by atoms with Crippen molar-refractivity contribution in [2.45, 2.75) is 44.6 Å². The lowest BCUT2D eigenvalue weighted by molar-refractivity contribution is 0.446. The Hall–Kier alpha value is -2.27. The molecule has 2 aromatic rings. The van der Waals surface area contributed by atoms with Crippen molar-refractivity contribution < 1.29 is 0 Å². The topological polar surface area (TPSA) is 103 Å². The third kappa shape index (κ3) is 5.25. The Bertz CT molecular complexity index is 913. The van der Waals surface area contributed by atoms with Crippen LogP contribution in [0.3, 0.4) is 0 Å². The van der Waals surface area contributed by atoms with E-state index in [1.165, 1.54) is 24.8 Å². The fourth-order valence-electron chi connectivity index (χ4n) is 4.21. The Labute approximate surface area is 190 Å². The van der Waals surface area contributed by atoms with E-state index in [4.69, 9.17) is 15.7 Å². The molecule has 30 heavy (non-hydrogen) atoms. The van der Waals surface area contributed by atoms with Crippen LogP contribution in [0.5, 0.6) is 0 Å². The lowest BCUT2D eigenvalue weighted by atomic mass is 9.95. The van der Waals surface area contributed by atoms with Gasteiger partial charge < -0.3 is 21.3 Å². The minimum absolute atomic E-state index is 0. The summed E-state index contributed by atoms with van der Waals surface area (Å²) in [5, 5.41) is 15.9. The smallest absolute Gasteiger partial charge is 0.229 e. The molecular formula is C21H29Cl2N7. The minimum Gasteiger partial charge on any atom is -0.399 e. The molecule has 4 rings (SSSR count). The number of hydrogen-bond acceptors (Lipinski definition) is 7. The summed E-state index contributed by atoms with van der Waals surface area (Å²) in [5.74, 6) is 1.65. The van der Waals surface area contributed by atoms with Crippen molar-refractivity contribution >= 4 is 48.0 Å². The molecule has 2 heterocycles. The molecular weight excluding hydrogens is 421 g/mol. The second-order valence-electron chi connectivity index (χ2n) is 7.66. The molecule has 0 radical (unpaired) electrons. The summed E-state index contributed by atoms with van der Waals surface area (Å²) in [4.78, 5) is 12.1. The van der Waals surface area contributed by atoms with Gasteiger partial charge >= 0.3 is 0 Å². The summed E-state index contributed by atoms with van der Waals surface area (Å²) < 4.78 is 0. The van der Waals surface area contributed by atoms with Crippen molar-refractivity contribution in [3.05, 3.63) is 35.0 Å². The number of hydrogen-bond donors (Lipinski definition) is 3. The molecule has 0 saturated carbocycles. The standard InChI is InChI=1S/C21H27N7.2ClH/c1-24-16-5-4-8-28(13-16)20-18-6-2-3-7-19(18)26-21(27-20)25-17-10-14(12-22)9-15(23)11-17;;/h9-11,16,24H,2-8,13,23H2,1H3,(H,25,26,27);2*1H. The van der Waals surface area contributed by atoms with Gasteiger partial charge in [0.2, 0.25) is 5.95 Å². The third-order valence-corrected chi connectivity index (χ3v) is 5.63. The Balaban J connectivity index is 0.00000160. The van der Waals surface area contributed by atoms with Crippen LogP contribution in [0.4, 0.5) is 23.1 Å². The predicted molar refractivity (Wildman–Crippen MR) is 126 cm³/mol. The van der Waals surface area contributed by atoms with Crippen molar-refractivity contribution in [3.8, 4) is 6.07 Å². The molecule has 1 aliphatic carbocycles. The highest BCUT2D eigenvalue weighted by Gasteiger charge is 2.25. The number of likely N-dealkylation sites (N-methyl/N-ethyl adjacent to an activating group) is 1. The van der Waals surface area contributed by atoms with Gasteiger partial charge in [0.05, 0.1) is 17.3 Å². The fourth-order valence-corrected chi connectivity index (χ4v) is 4.21. The highest BCUT2D eigenvalue weighted by atomic mass is 35.5. The van der Waals surface area contributed by atoms with E-state index in [0.29, 0.717) is 23.2 Å². The van der Waals surface area contributed by atoms with E-state index in [0.717, 1.165) is 49.6 Å². The number of fused-ring (bicyclic) bond motifs is 1. The number of nitrogen functional groups attached to an aromatic ring is 1. The van der Waals surface area contributed by atoms with Crippen molar-refractivity contribution in [1.29, 1.82) is 5.26 Å². The van der Waals surface area contributed by atoms with Gasteiger partial charge in [-0.25, -0.2) is 4.98 Å². The number of halogens is 2. The van der Waals surface area contributed by atoms with Crippen LogP contribution >= 0.6 is 24.8 Å². The maximum atomic E-state index is 9.20. The number of benzene rings is 1. The maximum Gasteiger partial charge on any atom is 0.229 e. The molecule has 2 aliphatic rings. The van der Waals surface area contributed by atoms with E-state index < -0.39 is 0 Å². The number of piperidine rings is 1. The molecule has 162 valence electrons. The highest BCUT2D eigenvalue weighted by Crippen LogP contribution is 2.31. The molecule has 0 amide bonds. The molecule has 4 N–H and O–H groups in total. The number of nitriles is 1. The van der Waals surface area contributed by atoms with Crippen LogP contribution in [0.1, 0.15) is 42.5 Å². The Morgan fingerprint density at radius 2 is 1.93 bits per heavy atom. The first kappa shape index (κ1) is 24.0. The molecule has 9 heteroatoms. The van der Waals surface area contributed by atoms with Gasteiger partial charge in [-0.1, -0.05) is 0 Å². The predicted octanol–water partition coefficient (Wildman–Crippen LogP) is 3.58. The lowest BCUT2D eigenvalue weighted by Gasteiger charge is -2.35. The van der Waals surface area contributed by atoms with Gasteiger partial charge in [-0.15, -0.1) is 24.8 Å². The number of aromatic nitrogens is 2. The second kappa shape index (κ2) is 10.7. The summed E-state index contributed by atoms with van der Waals surface area (Å²) in [6, 6.07) is 7.88. The van der Waals surface area contributed by atoms with E-state index in [9.17, 15) is 5.26 Å². The molecule has 1 atom stereocenters. The molecule has 1 fully saturated rings. The van der Waals surface area contributed by atoms with E-state index >= 15 is 0 Å². The Morgan fingerprint density at radius 1 is 1.13 bits per heavy atom. The van der Waals surface area contributed by atoms with Crippen molar-refractivity contribution in [2.24, 2.45) is 0 Å². The second-order valence-corrected chi connectivity index (χ2v) is 7.66. The molecule has 1 saturated heterocycles. The molecule has 1 aromatic heterocycles. The van der Waals surface area contributed by atoms with Gasteiger partial charge in [0.1, 0.15) is 5.82 Å². The van der Waals surface area contributed by atoms with Crippen molar-refractivity contribution in [1.82, 2.24) is 15.3 Å². The number of nitrogens with zero attached hydrogens (tertiary/aromatic N) is 4. The van der Waals surface area contributed by atoms with E-state index in [1.54, 1.807) is 18.2 Å². The molecule has 1 aliphatic heterocycles. The zero-order valence-electron chi connectivity index (χ0n) is 17.1. The molecule has 1 aromatic carbocycles. The third-order valence-electron chi connectivity index (χ3n) is 5.63. The van der Waals surface area contributed by atoms with Gasteiger partial charge in [-0.05, 0) is 63.8 Å². The minimum atomic E-state index is 0. The van der Waals surface area contributed by atoms with Crippen molar-refractivity contribution in [3.63, 3.8) is 0 Å². The van der Waals surface area contributed by atoms with E-state index in [2.05, 4.69) is 21.6 Å². The molecule has 0 bridgehead atoms. The van der Waals surface area contributed by atoms with Gasteiger partial charge in [0, 0.05) is 36.1 Å². The van der Waals surface area contributed by atoms with E-state index in [1.807, 2.05) is 7.05 Å². The first-order valence-electron chi connectivity index (χ1n) is 10.1. The Kier molecular flexibility index (Phi) is 8.54. The first-order valence-corrected chi connectivity index (χ1v) is 10.1. The summed E-state index contributed by atoms with van der Waals surface area (Å²) in [6.07, 6.45) is 6.75. The molecule has 0 spiro atoms. The van der Waals surface area contributed by atoms with Crippen LogP contribution < -0.4 is 21.3 Å². The number of rotatable bonds is 4.